The number of carbonyl (C=O) groups is 4. The van der Waals surface area contributed by atoms with Crippen molar-refractivity contribution in [3.63, 3.8) is 0 Å². The molecule has 154 valence electrons. The summed E-state index contributed by atoms with van der Waals surface area (Å²) in [6.45, 7) is 0.897. The number of imide groups is 1. The largest absolute Gasteiger partial charge is 0.356 e. The van der Waals surface area contributed by atoms with E-state index in [2.05, 4.69) is 5.32 Å². The highest BCUT2D eigenvalue weighted by Crippen LogP contribution is 2.26. The van der Waals surface area contributed by atoms with Crippen molar-refractivity contribution in [1.29, 1.82) is 0 Å². The zero-order valence-electron chi connectivity index (χ0n) is 16.1. The van der Waals surface area contributed by atoms with Crippen LogP contribution in [0.25, 0.3) is 0 Å². The van der Waals surface area contributed by atoms with Crippen LogP contribution < -0.4 is 10.2 Å². The smallest absolute Gasteiger partial charge is 0.261 e. The van der Waals surface area contributed by atoms with Gasteiger partial charge >= 0.3 is 0 Å². The van der Waals surface area contributed by atoms with Gasteiger partial charge in [0, 0.05) is 49.1 Å². The first-order valence-corrected chi connectivity index (χ1v) is 10.1. The second-order valence-corrected chi connectivity index (χ2v) is 7.85. The molecule has 2 aromatic rings. The molecule has 1 saturated heterocycles. The maximum atomic E-state index is 12.3. The molecule has 2 heterocycles. The molecule has 4 rings (SSSR count). The van der Waals surface area contributed by atoms with Gasteiger partial charge in [0.25, 0.3) is 11.8 Å². The van der Waals surface area contributed by atoms with Crippen molar-refractivity contribution in [3.05, 3.63) is 64.7 Å². The number of carbonyl (C=O) groups excluding carboxylic acids is 4. The van der Waals surface area contributed by atoms with Gasteiger partial charge in [-0.3, -0.25) is 24.1 Å². The Morgan fingerprint density at radius 2 is 1.63 bits per heavy atom. The number of benzene rings is 2. The maximum absolute atomic E-state index is 12.3. The van der Waals surface area contributed by atoms with Crippen molar-refractivity contribution >= 4 is 40.9 Å². The molecule has 30 heavy (non-hydrogen) atoms. The first kappa shape index (κ1) is 20.1. The minimum atomic E-state index is -0.372. The Bertz CT molecular complexity index is 986. The molecule has 8 heteroatoms. The van der Waals surface area contributed by atoms with Gasteiger partial charge < -0.3 is 10.2 Å². The van der Waals surface area contributed by atoms with E-state index in [1.807, 2.05) is 0 Å². The Balaban J connectivity index is 1.26. The molecule has 0 aliphatic carbocycles. The molecule has 7 nitrogen and oxygen atoms in total. The van der Waals surface area contributed by atoms with Crippen LogP contribution in [0.15, 0.2) is 48.5 Å². The second-order valence-electron chi connectivity index (χ2n) is 7.41. The van der Waals surface area contributed by atoms with E-state index < -0.39 is 0 Å². The highest BCUT2D eigenvalue weighted by atomic mass is 35.5. The lowest BCUT2D eigenvalue weighted by Gasteiger charge is -2.17. The first-order chi connectivity index (χ1) is 14.4. The van der Waals surface area contributed by atoms with Gasteiger partial charge in [0.05, 0.1) is 11.1 Å². The van der Waals surface area contributed by atoms with Gasteiger partial charge in [0.15, 0.2) is 0 Å². The fraction of sp³-hybridized carbons (Fsp3) is 0.273. The number of halogens is 1. The van der Waals surface area contributed by atoms with Crippen LogP contribution >= 0.6 is 11.6 Å². The van der Waals surface area contributed by atoms with Crippen molar-refractivity contribution in [2.45, 2.75) is 12.8 Å². The third-order valence-corrected chi connectivity index (χ3v) is 5.62. The predicted molar refractivity (Wildman–Crippen MR) is 111 cm³/mol. The van der Waals surface area contributed by atoms with Gasteiger partial charge in [-0.25, -0.2) is 0 Å². The Hall–Kier alpha value is -3.19. The molecule has 0 bridgehead atoms. The highest BCUT2D eigenvalue weighted by molar-refractivity contribution is 6.30. The molecule has 2 aliphatic heterocycles. The molecular weight excluding hydrogens is 406 g/mol. The van der Waals surface area contributed by atoms with Crippen LogP contribution in [0.1, 0.15) is 33.6 Å². The van der Waals surface area contributed by atoms with Crippen molar-refractivity contribution < 1.29 is 19.2 Å². The van der Waals surface area contributed by atoms with E-state index in [4.69, 9.17) is 11.6 Å². The number of hydrogen-bond donors (Lipinski definition) is 1. The fourth-order valence-electron chi connectivity index (χ4n) is 3.79. The minimum absolute atomic E-state index is 0.00240. The van der Waals surface area contributed by atoms with Crippen LogP contribution in [0.2, 0.25) is 5.02 Å². The third-order valence-electron chi connectivity index (χ3n) is 5.37. The average molecular weight is 426 g/mol. The summed E-state index contributed by atoms with van der Waals surface area (Å²) in [4.78, 5) is 52.0. The zero-order chi connectivity index (χ0) is 21.3. The lowest BCUT2D eigenvalue weighted by atomic mass is 10.1. The summed E-state index contributed by atoms with van der Waals surface area (Å²) >= 11 is 5.89. The molecule has 1 unspecified atom stereocenters. The molecule has 1 N–H and O–H groups in total. The third kappa shape index (κ3) is 3.93. The molecular formula is C22H20ClN3O4. The molecule has 2 aliphatic rings. The lowest BCUT2D eigenvalue weighted by molar-refractivity contribution is -0.121. The van der Waals surface area contributed by atoms with E-state index >= 15 is 0 Å². The predicted octanol–water partition coefficient (Wildman–Crippen LogP) is 2.50. The molecule has 1 fully saturated rings. The molecule has 2 aromatic carbocycles. The number of anilines is 1. The summed E-state index contributed by atoms with van der Waals surface area (Å²) in [7, 11) is 0. The van der Waals surface area contributed by atoms with Crippen molar-refractivity contribution in [2.75, 3.05) is 24.5 Å². The molecule has 0 saturated carbocycles. The SMILES string of the molecule is O=C(CCN1C(=O)c2ccccc2C1=O)NCC1CC(=O)N(c2ccc(Cl)cc2)C1. The van der Waals surface area contributed by atoms with E-state index in [1.165, 1.54) is 0 Å². The van der Waals surface area contributed by atoms with Gasteiger partial charge in [-0.05, 0) is 36.4 Å². The van der Waals surface area contributed by atoms with Crippen molar-refractivity contribution in [3.8, 4) is 0 Å². The number of hydrogen-bond acceptors (Lipinski definition) is 4. The van der Waals surface area contributed by atoms with Crippen molar-refractivity contribution in [1.82, 2.24) is 10.2 Å². The van der Waals surface area contributed by atoms with Crippen molar-refractivity contribution in [2.24, 2.45) is 5.92 Å². The number of nitrogens with zero attached hydrogens (tertiary/aromatic N) is 2. The first-order valence-electron chi connectivity index (χ1n) is 9.72. The summed E-state index contributed by atoms with van der Waals surface area (Å²) in [5.74, 6) is -1.00. The fourth-order valence-corrected chi connectivity index (χ4v) is 3.92. The Morgan fingerprint density at radius 1 is 1.00 bits per heavy atom. The summed E-state index contributed by atoms with van der Waals surface area (Å²) in [6, 6.07) is 13.7. The summed E-state index contributed by atoms with van der Waals surface area (Å²) in [6.07, 6.45) is 0.369. The van der Waals surface area contributed by atoms with Gasteiger partial charge in [-0.1, -0.05) is 23.7 Å². The van der Waals surface area contributed by atoms with Crippen LogP contribution in [-0.4, -0.2) is 48.2 Å². The van der Waals surface area contributed by atoms with Gasteiger partial charge in [0.1, 0.15) is 0 Å². The summed E-state index contributed by atoms with van der Waals surface area (Å²) in [5.41, 5.74) is 1.52. The van der Waals surface area contributed by atoms with Gasteiger partial charge in [0.2, 0.25) is 11.8 Å². The Labute approximate surface area is 178 Å². The highest BCUT2D eigenvalue weighted by Gasteiger charge is 2.35. The van der Waals surface area contributed by atoms with Gasteiger partial charge in [-0.2, -0.15) is 0 Å². The minimum Gasteiger partial charge on any atom is -0.356 e. The molecule has 0 radical (unpaired) electrons. The lowest BCUT2D eigenvalue weighted by Crippen LogP contribution is -2.36. The number of nitrogens with one attached hydrogen (secondary N) is 1. The van der Waals surface area contributed by atoms with E-state index in [0.29, 0.717) is 35.7 Å². The average Bonchev–Trinajstić information content (AvgIpc) is 3.23. The number of rotatable bonds is 6. The molecule has 0 spiro atoms. The van der Waals surface area contributed by atoms with Crippen LogP contribution in [0, 0.1) is 5.92 Å². The van der Waals surface area contributed by atoms with Crippen LogP contribution in [0.3, 0.4) is 0 Å². The normalized spacial score (nSPS) is 18.2. The second kappa shape index (κ2) is 8.28. The summed E-state index contributed by atoms with van der Waals surface area (Å²) < 4.78 is 0. The van der Waals surface area contributed by atoms with Crippen LogP contribution in [0.4, 0.5) is 5.69 Å². The van der Waals surface area contributed by atoms with Gasteiger partial charge in [-0.15, -0.1) is 0 Å². The summed E-state index contributed by atoms with van der Waals surface area (Å²) in [5, 5.41) is 3.42. The monoisotopic (exact) mass is 425 g/mol. The quantitative estimate of drug-likeness (QED) is 0.720. The van der Waals surface area contributed by atoms with Crippen LogP contribution in [-0.2, 0) is 9.59 Å². The molecule has 0 aromatic heterocycles. The van der Waals surface area contributed by atoms with E-state index in [1.54, 1.807) is 53.4 Å². The molecule has 1 atom stereocenters. The molecule has 4 amide bonds. The Kier molecular flexibility index (Phi) is 5.55. The van der Waals surface area contributed by atoms with E-state index in [-0.39, 0.29) is 42.5 Å². The maximum Gasteiger partial charge on any atom is 0.261 e. The Morgan fingerprint density at radius 3 is 2.27 bits per heavy atom. The standard InChI is InChI=1S/C22H20ClN3O4/c23-15-5-7-16(8-6-15)26-13-14(11-20(26)28)12-24-19(27)9-10-25-21(29)17-3-1-2-4-18(17)22(25)30/h1-8,14H,9-13H2,(H,24,27). The van der Waals surface area contributed by atoms with E-state index in [9.17, 15) is 19.2 Å². The number of amides is 4. The van der Waals surface area contributed by atoms with E-state index in [0.717, 1.165) is 10.6 Å². The number of fused-ring (bicyclic) bond motifs is 1. The topological polar surface area (TPSA) is 86.8 Å². The zero-order valence-corrected chi connectivity index (χ0v) is 16.9. The van der Waals surface area contributed by atoms with Crippen LogP contribution in [0.5, 0.6) is 0 Å².